The minimum Gasteiger partial charge on any atom is -0.479 e. The summed E-state index contributed by atoms with van der Waals surface area (Å²) in [7, 11) is 0. The van der Waals surface area contributed by atoms with Gasteiger partial charge in [0.05, 0.1) is 87.4 Å². The highest BCUT2D eigenvalue weighted by Gasteiger charge is 2.73. The quantitative estimate of drug-likeness (QED) is 0.00731. The Balaban J connectivity index is 0.832. The van der Waals surface area contributed by atoms with Crippen LogP contribution >= 0.6 is 0 Å². The third-order valence-corrected chi connectivity index (χ3v) is 30.5. The molecule has 724 valence electrons. The number of aliphatic hydroxyl groups is 20. The van der Waals surface area contributed by atoms with Crippen LogP contribution in [0.1, 0.15) is 179 Å². The molecule has 11 rings (SSSR count). The Kier molecular flexibility index (Phi) is 33.4. The Hall–Kier alpha value is -3.99. The summed E-state index contributed by atoms with van der Waals surface area (Å²) in [6.07, 6.45) is -58.5. The summed E-state index contributed by atoms with van der Waals surface area (Å²) in [6, 6.07) is 0. The normalized spacial score (nSPS) is 46.3. The Morgan fingerprint density at radius 1 is 0.548 bits per heavy atom. The number of carbonyl (C=O) groups is 5. The largest absolute Gasteiger partial charge is 0.479 e. The fourth-order valence-electron chi connectivity index (χ4n) is 22.1. The van der Waals surface area contributed by atoms with E-state index in [0.29, 0.717) is 51.4 Å². The topological polar surface area (TPSA) is 649 Å². The molecule has 0 aromatic heterocycles. The maximum absolute atomic E-state index is 16.2. The van der Waals surface area contributed by atoms with Crippen LogP contribution in [-0.4, -0.2) is 385 Å². The van der Waals surface area contributed by atoms with Crippen molar-refractivity contribution in [1.82, 2.24) is 0 Å². The van der Waals surface area contributed by atoms with Gasteiger partial charge in [0.1, 0.15) is 128 Å². The Labute approximate surface area is 730 Å². The number of esters is 3. The monoisotopic (exact) mass is 1810 g/mol. The van der Waals surface area contributed by atoms with Crippen LogP contribution in [0.4, 0.5) is 0 Å². The SMILES string of the molecule is CC[C@H](C)[C@H](C[C@H](O)CC(=O)O[C@@H]1C(C)O[C@@H](OC(=O)[C@]23CCC(C)(C)CC2C2=CCC4[C@@]5(C)CC[C@H](O[C@@H]6OC(C(=O)O)[C@H](O)C(O[C@@H]7OC[C@@H](O)C(O)C7O)C6OC(O)[C@@H](O)C(O)CO)[C@@](C)(C=O)C5CC[C@@]4(C)[C@]2(C)C[C@H]3O)C(O[C@@H]2OC(C)[C@H](O[C@H]3OCC(O)[C@H](O)C3O)C(O)C2O)C1O)OC(=O)C[C@@H](O)C[C@H](O[C@@H]1O[C@@H](CO)C(O)C1O)[C@@H](C)CC. The molecule has 0 radical (unpaired) electrons. The van der Waals surface area contributed by atoms with Crippen LogP contribution in [-0.2, 0) is 95.0 Å². The number of aldehydes is 1. The minimum absolute atomic E-state index is 0.0321. The van der Waals surface area contributed by atoms with Crippen LogP contribution in [0.15, 0.2) is 11.6 Å². The highest BCUT2D eigenvalue weighted by atomic mass is 16.8. The van der Waals surface area contributed by atoms with Gasteiger partial charge in [0.2, 0.25) is 6.29 Å². The van der Waals surface area contributed by atoms with E-state index in [1.54, 1.807) is 20.8 Å². The zero-order valence-corrected chi connectivity index (χ0v) is 73.3. The molecule has 0 amide bonds. The van der Waals surface area contributed by atoms with Crippen LogP contribution in [0.2, 0.25) is 0 Å². The summed E-state index contributed by atoms with van der Waals surface area (Å²) in [5, 5.41) is 231. The molecule has 20 unspecified atom stereocenters. The number of carboxylic acid groups (broad SMARTS) is 1. The molecule has 0 spiro atoms. The van der Waals surface area contributed by atoms with Crippen LogP contribution in [0.3, 0.4) is 0 Å². The number of aliphatic hydroxyl groups excluding tert-OH is 20. The van der Waals surface area contributed by atoms with E-state index in [-0.39, 0.29) is 43.9 Å². The lowest BCUT2D eigenvalue weighted by Gasteiger charge is -2.71. The number of allylic oxidation sites excluding steroid dienone is 2. The zero-order chi connectivity index (χ0) is 93.0. The molecular weight excluding hydrogens is 1680 g/mol. The molecule has 41 nitrogen and oxygen atoms in total. The molecule has 0 aromatic carbocycles. The Bertz CT molecular complexity index is 3660. The second-order valence-electron chi connectivity index (χ2n) is 39.0. The summed E-state index contributed by atoms with van der Waals surface area (Å²) in [6.45, 7) is 19.2. The van der Waals surface area contributed by atoms with Gasteiger partial charge in [-0.05, 0) is 123 Å². The number of aliphatic carboxylic acids is 1. The molecule has 4 saturated carbocycles. The minimum atomic E-state index is -2.46. The number of hydrogen-bond acceptors (Lipinski definition) is 40. The molecular formula is C85H138O41. The Morgan fingerprint density at radius 2 is 1.11 bits per heavy atom. The van der Waals surface area contributed by atoms with Gasteiger partial charge in [-0.2, -0.15) is 0 Å². The van der Waals surface area contributed by atoms with Crippen molar-refractivity contribution in [2.45, 2.75) is 400 Å². The summed E-state index contributed by atoms with van der Waals surface area (Å²) < 4.78 is 89.9. The molecule has 126 heavy (non-hydrogen) atoms. The van der Waals surface area contributed by atoms with Crippen molar-refractivity contribution in [2.24, 2.45) is 62.1 Å². The first-order chi connectivity index (χ1) is 59.0. The van der Waals surface area contributed by atoms with Gasteiger partial charge < -0.3 is 183 Å². The molecule has 11 aliphatic rings. The van der Waals surface area contributed by atoms with Gasteiger partial charge in [-0.3, -0.25) is 14.4 Å². The van der Waals surface area contributed by atoms with E-state index in [1.807, 2.05) is 27.7 Å². The van der Waals surface area contributed by atoms with Gasteiger partial charge in [-0.15, -0.1) is 0 Å². The van der Waals surface area contributed by atoms with Gasteiger partial charge in [0.25, 0.3) is 0 Å². The van der Waals surface area contributed by atoms with E-state index < -0.39 is 334 Å². The van der Waals surface area contributed by atoms with E-state index in [0.717, 1.165) is 11.9 Å². The lowest BCUT2D eigenvalue weighted by Crippen LogP contribution is -2.69. The molecule has 6 aliphatic heterocycles. The first kappa shape index (κ1) is 103. The molecule has 46 atom stereocenters. The fraction of sp³-hybridized carbons (Fsp3) is 0.918. The summed E-state index contributed by atoms with van der Waals surface area (Å²) in [5.74, 6) is -7.05. The predicted molar refractivity (Wildman–Crippen MR) is 423 cm³/mol. The molecule has 6 heterocycles. The first-order valence-electron chi connectivity index (χ1n) is 44.3. The van der Waals surface area contributed by atoms with Crippen molar-refractivity contribution >= 4 is 30.2 Å². The first-order valence-corrected chi connectivity index (χ1v) is 44.3. The van der Waals surface area contributed by atoms with Crippen molar-refractivity contribution in [3.8, 4) is 0 Å². The highest BCUT2D eigenvalue weighted by molar-refractivity contribution is 5.80. The fourth-order valence-corrected chi connectivity index (χ4v) is 22.1. The highest BCUT2D eigenvalue weighted by Crippen LogP contribution is 2.76. The third-order valence-electron chi connectivity index (χ3n) is 30.5. The van der Waals surface area contributed by atoms with Crippen LogP contribution in [0.25, 0.3) is 0 Å². The van der Waals surface area contributed by atoms with E-state index in [9.17, 15) is 126 Å². The lowest BCUT2D eigenvalue weighted by molar-refractivity contribution is -0.377. The zero-order valence-electron chi connectivity index (χ0n) is 73.3. The van der Waals surface area contributed by atoms with Crippen molar-refractivity contribution < 1.29 is 202 Å². The van der Waals surface area contributed by atoms with Crippen molar-refractivity contribution in [3.05, 3.63) is 11.6 Å². The maximum Gasteiger partial charge on any atom is 0.335 e. The van der Waals surface area contributed by atoms with Gasteiger partial charge in [0.15, 0.2) is 56.1 Å². The Morgan fingerprint density at radius 3 is 1.70 bits per heavy atom. The molecule has 5 aliphatic carbocycles. The standard InChI is InChI=1S/C85H138O41/c1-13-34(3)45(116-52(95)25-39(90)24-46(35(4)14-2)117-76-61(104)57(100)47(30-87)118-76)23-38(89)26-53(96)120-66-37(6)115-77(69(63(66)106)125-75-62(105)58(101)65(36(5)114-75)122-73-59(102)54(97)43(92)31-112-73)126-79(111)85-22-21-80(7,8)27-41(85)40-15-16-49-81(9)19-18-51(82(10,33-88)48(81)17-20-83(49,11)84(40,12)28-50(85)94)119-78-70(121-72(110)56(99)42(91)29-86)67(64(107)68(124-78)71(108)109)123-74-60(103)55(98)44(93)32-113-74/h15,33-39,41-51,54-70,72-78,86-87,89-94,97-107,110H,13-14,16-32H2,1-12H3,(H,108,109)/t34-,35-,36?,37?,38-,39-,41?,42?,43?,44+,45-,46-,47-,48?,49?,50+,51-,54-,55?,56-,57?,58?,59?,60?,61?,62?,63?,64+,65-,66+,67?,68?,69?,70?,72?,73+,74-,75-,76+,77-,78+,81-,82-,83+,84+,85+/m0/s1. The molecule has 21 N–H and O–H groups in total. The van der Waals surface area contributed by atoms with E-state index in [4.69, 9.17) is 71.1 Å². The number of fused-ring (bicyclic) bond motifs is 7. The van der Waals surface area contributed by atoms with Gasteiger partial charge in [-0.25, -0.2) is 4.79 Å². The van der Waals surface area contributed by atoms with Crippen LogP contribution < -0.4 is 0 Å². The van der Waals surface area contributed by atoms with E-state index in [2.05, 4.69) is 26.8 Å². The molecule has 10 fully saturated rings. The third kappa shape index (κ3) is 20.2. The molecule has 0 bridgehead atoms. The molecule has 0 aromatic rings. The maximum atomic E-state index is 16.2. The van der Waals surface area contributed by atoms with Crippen molar-refractivity contribution in [2.75, 3.05) is 26.4 Å². The average Bonchev–Trinajstić information content (AvgIpc) is 0.729. The van der Waals surface area contributed by atoms with E-state index in [1.165, 1.54) is 13.8 Å². The lowest BCUT2D eigenvalue weighted by atomic mass is 9.33. The number of rotatable bonds is 34. The van der Waals surface area contributed by atoms with E-state index >= 15 is 4.79 Å². The number of hydrogen-bond donors (Lipinski definition) is 21. The van der Waals surface area contributed by atoms with Crippen LogP contribution in [0, 0.1) is 62.1 Å². The summed E-state index contributed by atoms with van der Waals surface area (Å²) >= 11 is 0. The van der Waals surface area contributed by atoms with Crippen LogP contribution in [0.5, 0.6) is 0 Å². The number of carbonyl (C=O) groups excluding carboxylic acids is 4. The van der Waals surface area contributed by atoms with Gasteiger partial charge in [-0.1, -0.05) is 93.7 Å². The van der Waals surface area contributed by atoms with Gasteiger partial charge >= 0.3 is 23.9 Å². The number of ether oxygens (including phenoxy) is 15. The second-order valence-corrected chi connectivity index (χ2v) is 39.0. The molecule has 41 heteroatoms. The van der Waals surface area contributed by atoms with Gasteiger partial charge in [0, 0.05) is 12.8 Å². The summed E-state index contributed by atoms with van der Waals surface area (Å²) in [4.78, 5) is 71.4. The summed E-state index contributed by atoms with van der Waals surface area (Å²) in [5.41, 5.74) is -5.32. The average molecular weight is 1820 g/mol. The number of carboxylic acids is 1. The van der Waals surface area contributed by atoms with Crippen molar-refractivity contribution in [3.63, 3.8) is 0 Å². The van der Waals surface area contributed by atoms with Crippen molar-refractivity contribution in [1.29, 1.82) is 0 Å². The predicted octanol–water partition coefficient (Wildman–Crippen LogP) is -3.92. The second kappa shape index (κ2) is 41.1. The molecule has 6 saturated heterocycles. The smallest absolute Gasteiger partial charge is 0.335 e.